The molecule has 1 atom stereocenters. The maximum absolute atomic E-state index is 12.8. The van der Waals surface area contributed by atoms with Crippen LogP contribution in [0.5, 0.6) is 5.75 Å². The van der Waals surface area contributed by atoms with Gasteiger partial charge in [0.25, 0.3) is 0 Å². The lowest BCUT2D eigenvalue weighted by atomic mass is 9.96. The lowest BCUT2D eigenvalue weighted by Crippen LogP contribution is -2.20. The quantitative estimate of drug-likeness (QED) is 0.318. The average molecular weight is 469 g/mol. The van der Waals surface area contributed by atoms with Crippen LogP contribution < -0.4 is 10.5 Å². The molecule has 8 heteroatoms. The van der Waals surface area contributed by atoms with Crippen molar-refractivity contribution in [2.75, 3.05) is 0 Å². The fourth-order valence-electron chi connectivity index (χ4n) is 3.86. The zero-order valence-electron chi connectivity index (χ0n) is 18.0. The summed E-state index contributed by atoms with van der Waals surface area (Å²) in [4.78, 5) is 11.1. The van der Waals surface area contributed by atoms with E-state index in [0.717, 1.165) is 10.9 Å². The molecular weight excluding hydrogens is 447 g/mol. The maximum Gasteiger partial charge on any atom is 0.390 e. The minimum absolute atomic E-state index is 0.160. The largest absolute Gasteiger partial charge is 0.489 e. The highest BCUT2D eigenvalue weighted by molar-refractivity contribution is 5.93. The zero-order chi connectivity index (χ0) is 24.3. The van der Waals surface area contributed by atoms with Gasteiger partial charge in [-0.05, 0) is 47.0 Å². The maximum atomic E-state index is 12.8. The highest BCUT2D eigenvalue weighted by Gasteiger charge is 2.31. The first-order chi connectivity index (χ1) is 16.2. The first kappa shape index (κ1) is 23.4. The molecule has 4 aromatic rings. The molecule has 1 aromatic heterocycles. The highest BCUT2D eigenvalue weighted by atomic mass is 19.4. The van der Waals surface area contributed by atoms with Crippen molar-refractivity contribution < 1.29 is 32.2 Å². The molecule has 3 aromatic carbocycles. The van der Waals surface area contributed by atoms with Crippen LogP contribution in [0.3, 0.4) is 0 Å². The van der Waals surface area contributed by atoms with Gasteiger partial charge in [-0.3, -0.25) is 4.79 Å². The molecule has 0 saturated carbocycles. The normalized spacial score (nSPS) is 12.6. The molecule has 0 amide bonds. The number of benzene rings is 3. The number of nitrogens with two attached hydrogens (primary N) is 1. The van der Waals surface area contributed by atoms with Crippen molar-refractivity contribution in [2.45, 2.75) is 31.7 Å². The Labute approximate surface area is 193 Å². The van der Waals surface area contributed by atoms with E-state index in [0.29, 0.717) is 33.6 Å². The molecule has 0 aliphatic rings. The Morgan fingerprint density at radius 2 is 1.85 bits per heavy atom. The minimum Gasteiger partial charge on any atom is -0.489 e. The number of para-hydroxylation sites is 1. The smallest absolute Gasteiger partial charge is 0.390 e. The van der Waals surface area contributed by atoms with E-state index >= 15 is 0 Å². The molecule has 0 bridgehead atoms. The molecule has 0 aliphatic carbocycles. The molecule has 4 rings (SSSR count). The number of halogens is 3. The van der Waals surface area contributed by atoms with E-state index in [1.807, 2.05) is 12.1 Å². The lowest BCUT2D eigenvalue weighted by molar-refractivity contribution is -0.138. The number of alkyl halides is 3. The Kier molecular flexibility index (Phi) is 6.61. The van der Waals surface area contributed by atoms with Crippen molar-refractivity contribution in [3.05, 3.63) is 89.7 Å². The summed E-state index contributed by atoms with van der Waals surface area (Å²) in [6.07, 6.45) is -4.10. The van der Waals surface area contributed by atoms with E-state index in [2.05, 4.69) is 0 Å². The number of fused-ring (bicyclic) bond motifs is 1. The van der Waals surface area contributed by atoms with Crippen LogP contribution in [0.4, 0.5) is 13.2 Å². The molecule has 3 N–H and O–H groups in total. The number of aliphatic carboxylic acids is 1. The number of hydrogen-bond donors (Lipinski definition) is 2. The molecule has 1 heterocycles. The molecule has 176 valence electrons. The van der Waals surface area contributed by atoms with Gasteiger partial charge in [-0.2, -0.15) is 13.2 Å². The number of rotatable bonds is 8. The van der Waals surface area contributed by atoms with Gasteiger partial charge in [-0.25, -0.2) is 0 Å². The van der Waals surface area contributed by atoms with Crippen LogP contribution in [-0.4, -0.2) is 17.3 Å². The SMILES string of the molecule is NC(CC(F)(F)F)c1cccc(-c2cc(COc3ccccc3CC(=O)O)cc3ccoc23)c1. The average Bonchev–Trinajstić information content (AvgIpc) is 3.25. The van der Waals surface area contributed by atoms with Crippen LogP contribution in [0.1, 0.15) is 29.2 Å². The zero-order valence-corrected chi connectivity index (χ0v) is 18.0. The van der Waals surface area contributed by atoms with Crippen LogP contribution in [0.2, 0.25) is 0 Å². The standard InChI is InChI=1S/C26H22F3NO4/c27-26(28,29)14-22(30)18-6-3-5-17(12-18)21-11-16(10-20-8-9-33-25(20)21)15-34-23-7-2-1-4-19(23)13-24(31)32/h1-12,22H,13-15,30H2,(H,31,32). The van der Waals surface area contributed by atoms with E-state index in [-0.39, 0.29) is 13.0 Å². The van der Waals surface area contributed by atoms with Gasteiger partial charge in [-0.15, -0.1) is 0 Å². The van der Waals surface area contributed by atoms with Crippen molar-refractivity contribution in [3.8, 4) is 16.9 Å². The Balaban J connectivity index is 1.64. The summed E-state index contributed by atoms with van der Waals surface area (Å²) in [5, 5.41) is 9.93. The summed E-state index contributed by atoms with van der Waals surface area (Å²) in [5.74, 6) is -0.486. The third-order valence-electron chi connectivity index (χ3n) is 5.40. The lowest BCUT2D eigenvalue weighted by Gasteiger charge is -2.16. The van der Waals surface area contributed by atoms with Gasteiger partial charge >= 0.3 is 12.1 Å². The molecule has 0 radical (unpaired) electrons. The highest BCUT2D eigenvalue weighted by Crippen LogP contribution is 2.34. The number of ether oxygens (including phenoxy) is 1. The van der Waals surface area contributed by atoms with Gasteiger partial charge in [0, 0.05) is 22.6 Å². The fraction of sp³-hybridized carbons (Fsp3) is 0.192. The fourth-order valence-corrected chi connectivity index (χ4v) is 3.86. The monoisotopic (exact) mass is 469 g/mol. The van der Waals surface area contributed by atoms with Crippen molar-refractivity contribution in [2.24, 2.45) is 5.73 Å². The molecule has 0 saturated heterocycles. The number of carbonyl (C=O) groups is 1. The predicted molar refractivity (Wildman–Crippen MR) is 121 cm³/mol. The number of carboxylic acid groups (broad SMARTS) is 1. The van der Waals surface area contributed by atoms with E-state index < -0.39 is 24.6 Å². The Morgan fingerprint density at radius 1 is 1.06 bits per heavy atom. The van der Waals surface area contributed by atoms with Crippen LogP contribution in [-0.2, 0) is 17.8 Å². The number of carboxylic acids is 1. The first-order valence-electron chi connectivity index (χ1n) is 10.5. The molecular formula is C26H22F3NO4. The molecule has 0 aliphatic heterocycles. The van der Waals surface area contributed by atoms with Gasteiger partial charge in [0.15, 0.2) is 0 Å². The Hall–Kier alpha value is -3.78. The van der Waals surface area contributed by atoms with Crippen LogP contribution in [0, 0.1) is 0 Å². The minimum atomic E-state index is -4.36. The Bertz CT molecular complexity index is 1310. The van der Waals surface area contributed by atoms with E-state index in [4.69, 9.17) is 20.0 Å². The molecule has 0 fully saturated rings. The van der Waals surface area contributed by atoms with Gasteiger partial charge in [0.2, 0.25) is 0 Å². The van der Waals surface area contributed by atoms with Crippen LogP contribution >= 0.6 is 0 Å². The molecule has 0 spiro atoms. The summed E-state index contributed by atoms with van der Waals surface area (Å²) < 4.78 is 50.0. The van der Waals surface area contributed by atoms with E-state index in [1.165, 1.54) is 0 Å². The predicted octanol–water partition coefficient (Wildman–Crippen LogP) is 6.26. The summed E-state index contributed by atoms with van der Waals surface area (Å²) in [6, 6.07) is 17.9. The second-order valence-electron chi connectivity index (χ2n) is 8.00. The third kappa shape index (κ3) is 5.58. The third-order valence-corrected chi connectivity index (χ3v) is 5.40. The van der Waals surface area contributed by atoms with Crippen molar-refractivity contribution in [1.82, 2.24) is 0 Å². The first-order valence-corrected chi connectivity index (χ1v) is 10.5. The Morgan fingerprint density at radius 3 is 2.62 bits per heavy atom. The van der Waals surface area contributed by atoms with Crippen LogP contribution in [0.25, 0.3) is 22.1 Å². The number of hydrogen-bond acceptors (Lipinski definition) is 4. The van der Waals surface area contributed by atoms with Gasteiger partial charge < -0.3 is 20.0 Å². The van der Waals surface area contributed by atoms with E-state index in [1.54, 1.807) is 60.9 Å². The summed E-state index contributed by atoms with van der Waals surface area (Å²) >= 11 is 0. The van der Waals surface area contributed by atoms with Crippen molar-refractivity contribution in [3.63, 3.8) is 0 Å². The van der Waals surface area contributed by atoms with Crippen molar-refractivity contribution >= 4 is 16.9 Å². The molecule has 1 unspecified atom stereocenters. The van der Waals surface area contributed by atoms with Gasteiger partial charge in [-0.1, -0.05) is 36.4 Å². The summed E-state index contributed by atoms with van der Waals surface area (Å²) in [7, 11) is 0. The van der Waals surface area contributed by atoms with E-state index in [9.17, 15) is 18.0 Å². The summed E-state index contributed by atoms with van der Waals surface area (Å²) in [6.45, 7) is 0.165. The topological polar surface area (TPSA) is 85.7 Å². The van der Waals surface area contributed by atoms with Crippen molar-refractivity contribution in [1.29, 1.82) is 0 Å². The van der Waals surface area contributed by atoms with Crippen LogP contribution in [0.15, 0.2) is 77.4 Å². The molecule has 34 heavy (non-hydrogen) atoms. The molecule has 5 nitrogen and oxygen atoms in total. The number of furan rings is 1. The van der Waals surface area contributed by atoms with Gasteiger partial charge in [0.1, 0.15) is 17.9 Å². The summed E-state index contributed by atoms with van der Waals surface area (Å²) in [5.41, 5.74) is 9.49. The van der Waals surface area contributed by atoms with Gasteiger partial charge in [0.05, 0.1) is 19.1 Å². The second-order valence-corrected chi connectivity index (χ2v) is 8.00. The second kappa shape index (κ2) is 9.61.